The summed E-state index contributed by atoms with van der Waals surface area (Å²) in [4.78, 5) is 4.95. The van der Waals surface area contributed by atoms with E-state index in [1.54, 1.807) is 0 Å². The molecule has 4 heteroatoms. The number of nitrogens with zero attached hydrogens (tertiary/aromatic N) is 2. The Morgan fingerprint density at radius 1 is 1.22 bits per heavy atom. The van der Waals surface area contributed by atoms with Gasteiger partial charge in [-0.3, -0.25) is 9.80 Å². The Kier molecular flexibility index (Phi) is 6.06. The molecule has 23 heavy (non-hydrogen) atoms. The van der Waals surface area contributed by atoms with Gasteiger partial charge in [0.1, 0.15) is 0 Å². The van der Waals surface area contributed by atoms with E-state index in [1.807, 2.05) is 30.3 Å². The molecule has 1 N–H and O–H groups in total. The lowest BCUT2D eigenvalue weighted by Gasteiger charge is -2.42. The quantitative estimate of drug-likeness (QED) is 0.904. The van der Waals surface area contributed by atoms with Crippen LogP contribution in [0.2, 0.25) is 0 Å². The van der Waals surface area contributed by atoms with Crippen molar-refractivity contribution in [2.75, 3.05) is 39.3 Å². The first-order valence-electron chi connectivity index (χ1n) is 9.03. The number of benzene rings is 1. The van der Waals surface area contributed by atoms with Crippen LogP contribution in [-0.4, -0.2) is 66.4 Å². The number of aliphatic hydroxyl groups excluding tert-OH is 1. The van der Waals surface area contributed by atoms with E-state index >= 15 is 0 Å². The van der Waals surface area contributed by atoms with Gasteiger partial charge in [-0.15, -0.1) is 0 Å². The van der Waals surface area contributed by atoms with Gasteiger partial charge in [-0.1, -0.05) is 30.3 Å². The van der Waals surface area contributed by atoms with Gasteiger partial charge in [-0.25, -0.2) is 0 Å². The highest BCUT2D eigenvalue weighted by Gasteiger charge is 2.27. The van der Waals surface area contributed by atoms with Crippen molar-refractivity contribution in [1.82, 2.24) is 9.80 Å². The second-order valence-corrected chi connectivity index (χ2v) is 7.02. The molecule has 0 aliphatic carbocycles. The van der Waals surface area contributed by atoms with Crippen molar-refractivity contribution in [3.8, 4) is 0 Å². The van der Waals surface area contributed by atoms with Crippen LogP contribution in [0.3, 0.4) is 0 Å². The molecule has 0 amide bonds. The molecule has 128 valence electrons. The molecule has 4 nitrogen and oxygen atoms in total. The van der Waals surface area contributed by atoms with Gasteiger partial charge < -0.3 is 9.84 Å². The third-order valence-corrected chi connectivity index (χ3v) is 5.18. The van der Waals surface area contributed by atoms with Crippen molar-refractivity contribution in [2.45, 2.75) is 44.4 Å². The van der Waals surface area contributed by atoms with Crippen molar-refractivity contribution in [3.05, 3.63) is 35.9 Å². The molecular weight excluding hydrogens is 288 g/mol. The lowest BCUT2D eigenvalue weighted by molar-refractivity contribution is -0.0259. The maximum absolute atomic E-state index is 10.4. The fraction of sp³-hybridized carbons (Fsp3) is 0.684. The highest BCUT2D eigenvalue weighted by molar-refractivity contribution is 5.17. The summed E-state index contributed by atoms with van der Waals surface area (Å²) >= 11 is 0. The van der Waals surface area contributed by atoms with E-state index in [1.165, 1.54) is 19.3 Å². The zero-order valence-electron chi connectivity index (χ0n) is 14.2. The molecule has 2 heterocycles. The van der Waals surface area contributed by atoms with E-state index in [0.29, 0.717) is 12.1 Å². The van der Waals surface area contributed by atoms with Crippen molar-refractivity contribution < 1.29 is 9.84 Å². The standard InChI is InChI=1S/C19H30N2O2/c1-16-13-20(14-18-9-5-6-12-23-18)10-11-21(16)15-19(22)17-7-3-2-4-8-17/h2-4,7-8,16,18-19,22H,5-6,9-15H2,1H3/t16-,18+,19+/m1/s1. The molecule has 2 aliphatic heterocycles. The lowest BCUT2D eigenvalue weighted by atomic mass is 10.1. The molecule has 1 aromatic rings. The SMILES string of the molecule is C[C@@H]1CN(C[C@@H]2CCCCO2)CCN1C[C@H](O)c1ccccc1. The largest absolute Gasteiger partial charge is 0.387 e. The first-order valence-corrected chi connectivity index (χ1v) is 9.03. The zero-order chi connectivity index (χ0) is 16.1. The molecule has 1 aromatic carbocycles. The monoisotopic (exact) mass is 318 g/mol. The van der Waals surface area contributed by atoms with Gasteiger partial charge in [-0.2, -0.15) is 0 Å². The van der Waals surface area contributed by atoms with Crippen molar-refractivity contribution in [1.29, 1.82) is 0 Å². The first-order chi connectivity index (χ1) is 11.2. The van der Waals surface area contributed by atoms with Crippen LogP contribution < -0.4 is 0 Å². The van der Waals surface area contributed by atoms with Crippen molar-refractivity contribution >= 4 is 0 Å². The number of hydrogen-bond donors (Lipinski definition) is 1. The fourth-order valence-corrected chi connectivity index (χ4v) is 3.75. The summed E-state index contributed by atoms with van der Waals surface area (Å²) in [5.41, 5.74) is 1.01. The minimum absolute atomic E-state index is 0.396. The van der Waals surface area contributed by atoms with Gasteiger partial charge in [-0.05, 0) is 31.7 Å². The van der Waals surface area contributed by atoms with E-state index < -0.39 is 6.10 Å². The number of hydrogen-bond acceptors (Lipinski definition) is 4. The van der Waals surface area contributed by atoms with Crippen LogP contribution in [0, 0.1) is 0 Å². The van der Waals surface area contributed by atoms with E-state index in [9.17, 15) is 5.11 Å². The number of piperazine rings is 1. The third kappa shape index (κ3) is 4.77. The predicted octanol–water partition coefficient (Wildman–Crippen LogP) is 2.30. The Hall–Kier alpha value is -0.940. The lowest BCUT2D eigenvalue weighted by Crippen LogP contribution is -2.54. The zero-order valence-corrected chi connectivity index (χ0v) is 14.2. The Labute approximate surface area is 140 Å². The molecule has 0 spiro atoms. The topological polar surface area (TPSA) is 35.9 Å². The number of aliphatic hydroxyl groups is 1. The fourth-order valence-electron chi connectivity index (χ4n) is 3.75. The third-order valence-electron chi connectivity index (χ3n) is 5.18. The molecular formula is C19H30N2O2. The molecule has 0 bridgehead atoms. The van der Waals surface area contributed by atoms with Gasteiger partial charge in [0.05, 0.1) is 12.2 Å². The van der Waals surface area contributed by atoms with Crippen LogP contribution in [0.1, 0.15) is 37.9 Å². The highest BCUT2D eigenvalue weighted by atomic mass is 16.5. The second kappa shape index (κ2) is 8.25. The van der Waals surface area contributed by atoms with E-state index in [-0.39, 0.29) is 0 Å². The van der Waals surface area contributed by atoms with Gasteiger partial charge in [0.15, 0.2) is 0 Å². The second-order valence-electron chi connectivity index (χ2n) is 7.02. The van der Waals surface area contributed by atoms with E-state index in [4.69, 9.17) is 4.74 Å². The first kappa shape index (κ1) is 16.9. The number of rotatable bonds is 5. The summed E-state index contributed by atoms with van der Waals surface area (Å²) in [6.07, 6.45) is 3.77. The van der Waals surface area contributed by atoms with Crippen LogP contribution in [0.15, 0.2) is 30.3 Å². The maximum atomic E-state index is 10.4. The van der Waals surface area contributed by atoms with E-state index in [0.717, 1.165) is 44.9 Å². The molecule has 2 saturated heterocycles. The van der Waals surface area contributed by atoms with Gasteiger partial charge >= 0.3 is 0 Å². The average molecular weight is 318 g/mol. The van der Waals surface area contributed by atoms with Crippen molar-refractivity contribution in [3.63, 3.8) is 0 Å². The minimum Gasteiger partial charge on any atom is -0.387 e. The van der Waals surface area contributed by atoms with Crippen LogP contribution in [-0.2, 0) is 4.74 Å². The van der Waals surface area contributed by atoms with Crippen molar-refractivity contribution in [2.24, 2.45) is 0 Å². The summed E-state index contributed by atoms with van der Waals surface area (Å²) in [6, 6.07) is 10.5. The Balaban J connectivity index is 1.46. The van der Waals surface area contributed by atoms with Gasteiger partial charge in [0.25, 0.3) is 0 Å². The number of β-amino-alcohol motifs (C(OH)–C–C–N with tert-alkyl or cyclic N) is 1. The smallest absolute Gasteiger partial charge is 0.0917 e. The Morgan fingerprint density at radius 2 is 2.04 bits per heavy atom. The summed E-state index contributed by atoms with van der Waals surface area (Å²) in [5.74, 6) is 0. The van der Waals surface area contributed by atoms with Crippen LogP contribution >= 0.6 is 0 Å². The van der Waals surface area contributed by atoms with Gasteiger partial charge in [0.2, 0.25) is 0 Å². The molecule has 0 radical (unpaired) electrons. The molecule has 0 aromatic heterocycles. The Bertz CT molecular complexity index is 462. The summed E-state index contributed by atoms with van der Waals surface area (Å²) in [7, 11) is 0. The van der Waals surface area contributed by atoms with Crippen LogP contribution in [0.25, 0.3) is 0 Å². The van der Waals surface area contributed by atoms with Crippen LogP contribution in [0.4, 0.5) is 0 Å². The Morgan fingerprint density at radius 3 is 2.74 bits per heavy atom. The molecule has 2 aliphatic rings. The highest BCUT2D eigenvalue weighted by Crippen LogP contribution is 2.19. The summed E-state index contributed by atoms with van der Waals surface area (Å²) in [6.45, 7) is 8.16. The maximum Gasteiger partial charge on any atom is 0.0917 e. The normalized spacial score (nSPS) is 28.6. The minimum atomic E-state index is -0.396. The molecule has 0 saturated carbocycles. The predicted molar refractivity (Wildman–Crippen MR) is 92.5 cm³/mol. The van der Waals surface area contributed by atoms with Crippen LogP contribution in [0.5, 0.6) is 0 Å². The average Bonchev–Trinajstić information content (AvgIpc) is 2.59. The molecule has 2 fully saturated rings. The number of ether oxygens (including phenoxy) is 1. The molecule has 3 atom stereocenters. The molecule has 0 unspecified atom stereocenters. The van der Waals surface area contributed by atoms with E-state index in [2.05, 4.69) is 16.7 Å². The summed E-state index contributed by atoms with van der Waals surface area (Å²) in [5, 5.41) is 10.4. The van der Waals surface area contributed by atoms with Gasteiger partial charge in [0, 0.05) is 45.4 Å². The summed E-state index contributed by atoms with van der Waals surface area (Å²) < 4.78 is 5.87. The molecule has 3 rings (SSSR count).